The molecule has 156 valence electrons. The van der Waals surface area contributed by atoms with Crippen LogP contribution in [0.3, 0.4) is 0 Å². The number of halogens is 2. The van der Waals surface area contributed by atoms with Gasteiger partial charge in [0.05, 0.1) is 33.9 Å². The van der Waals surface area contributed by atoms with Crippen LogP contribution in [-0.2, 0) is 9.53 Å². The molecule has 3 amide bonds. The lowest BCUT2D eigenvalue weighted by Crippen LogP contribution is -2.51. The summed E-state index contributed by atoms with van der Waals surface area (Å²) in [6, 6.07) is 8.02. The van der Waals surface area contributed by atoms with Gasteiger partial charge in [-0.3, -0.25) is 4.79 Å². The summed E-state index contributed by atoms with van der Waals surface area (Å²) in [5, 5.41) is 17.8. The van der Waals surface area contributed by atoms with Crippen molar-refractivity contribution in [1.82, 2.24) is 10.6 Å². The van der Waals surface area contributed by atoms with Crippen LogP contribution in [0.4, 0.5) is 10.5 Å². The number of carbonyl (C=O) groups excluding carboxylic acids is 3. The van der Waals surface area contributed by atoms with E-state index in [1.165, 1.54) is 19.2 Å². The number of ether oxygens (including phenoxy) is 1. The van der Waals surface area contributed by atoms with Crippen molar-refractivity contribution in [2.75, 3.05) is 12.4 Å². The van der Waals surface area contributed by atoms with Crippen LogP contribution in [0, 0.1) is 5.92 Å². The average Bonchev–Trinajstić information content (AvgIpc) is 2.70. The molecule has 0 unspecified atom stereocenters. The topological polar surface area (TPSA) is 117 Å². The number of anilines is 1. The summed E-state index contributed by atoms with van der Waals surface area (Å²) in [5.41, 5.74) is 1.07. The van der Waals surface area contributed by atoms with E-state index in [-0.39, 0.29) is 27.7 Å². The third kappa shape index (κ3) is 4.27. The molecular formula is C20H17BrClN3O5. The van der Waals surface area contributed by atoms with Crippen LogP contribution in [-0.4, -0.2) is 30.1 Å². The molecule has 1 fully saturated rings. The van der Waals surface area contributed by atoms with E-state index in [0.29, 0.717) is 10.0 Å². The second-order valence-corrected chi connectivity index (χ2v) is 7.70. The number of phenols is 1. The Kier molecular flexibility index (Phi) is 6.33. The Balaban J connectivity index is 1.97. The first-order valence-electron chi connectivity index (χ1n) is 8.65. The molecule has 3 rings (SSSR count). The third-order valence-corrected chi connectivity index (χ3v) is 5.43. The molecule has 1 saturated heterocycles. The third-order valence-electron chi connectivity index (χ3n) is 4.54. The predicted octanol–water partition coefficient (Wildman–Crippen LogP) is 3.72. The molecule has 4 N–H and O–H groups in total. The van der Waals surface area contributed by atoms with Crippen molar-refractivity contribution in [1.29, 1.82) is 0 Å². The molecule has 30 heavy (non-hydrogen) atoms. The summed E-state index contributed by atoms with van der Waals surface area (Å²) in [7, 11) is 1.24. The van der Waals surface area contributed by atoms with Gasteiger partial charge in [-0.05, 0) is 45.8 Å². The number of rotatable bonds is 4. The van der Waals surface area contributed by atoms with E-state index in [0.717, 1.165) is 0 Å². The normalized spacial score (nSPS) is 18.2. The van der Waals surface area contributed by atoms with Gasteiger partial charge in [0, 0.05) is 5.70 Å². The minimum Gasteiger partial charge on any atom is -0.505 e. The van der Waals surface area contributed by atoms with Crippen LogP contribution < -0.4 is 16.0 Å². The fourth-order valence-corrected chi connectivity index (χ4v) is 3.95. The smallest absolute Gasteiger partial charge is 0.339 e. The quantitative estimate of drug-likeness (QED) is 0.484. The molecular weight excluding hydrogens is 478 g/mol. The van der Waals surface area contributed by atoms with Gasteiger partial charge in [0.1, 0.15) is 11.7 Å². The number of amides is 3. The van der Waals surface area contributed by atoms with Crippen molar-refractivity contribution in [3.63, 3.8) is 0 Å². The number of carbonyl (C=O) groups is 3. The van der Waals surface area contributed by atoms with Gasteiger partial charge in [0.25, 0.3) is 0 Å². The highest BCUT2D eigenvalue weighted by Crippen LogP contribution is 2.38. The number of phenolic OH excluding ortho intramolecular Hbond substituents is 1. The number of aromatic hydroxyl groups is 1. The Morgan fingerprint density at radius 1 is 1.30 bits per heavy atom. The number of methoxy groups -OCH3 is 1. The average molecular weight is 495 g/mol. The molecule has 0 spiro atoms. The van der Waals surface area contributed by atoms with Crippen LogP contribution in [0.25, 0.3) is 0 Å². The fraction of sp³-hybridized carbons (Fsp3) is 0.150. The van der Waals surface area contributed by atoms with E-state index in [2.05, 4.69) is 38.5 Å². The minimum absolute atomic E-state index is 0.0490. The van der Waals surface area contributed by atoms with Gasteiger partial charge in [0.2, 0.25) is 5.91 Å². The molecule has 0 aromatic heterocycles. The predicted molar refractivity (Wildman–Crippen MR) is 114 cm³/mol. The molecule has 8 nitrogen and oxygen atoms in total. The summed E-state index contributed by atoms with van der Waals surface area (Å²) in [5.74, 6) is -2.23. The van der Waals surface area contributed by atoms with Gasteiger partial charge in [-0.25, -0.2) is 9.59 Å². The molecule has 0 saturated carbocycles. The van der Waals surface area contributed by atoms with E-state index >= 15 is 0 Å². The zero-order valence-electron chi connectivity index (χ0n) is 15.7. The second-order valence-electron chi connectivity index (χ2n) is 6.44. The lowest BCUT2D eigenvalue weighted by molar-refractivity contribution is -0.119. The first-order chi connectivity index (χ1) is 14.2. The van der Waals surface area contributed by atoms with Crippen molar-refractivity contribution < 1.29 is 24.2 Å². The highest BCUT2D eigenvalue weighted by Gasteiger charge is 2.38. The van der Waals surface area contributed by atoms with Gasteiger partial charge < -0.3 is 25.8 Å². The standard InChI is InChI=1S/C20H17BrClN3O5/c1-9-15(18(27)24-14-6-4-3-5-11(14)19(28)30-2)16(25-20(29)23-9)10-7-12(21)17(26)13(22)8-10/h3-8,15-16,26H,1H2,2H3,(H,24,27)(H2,23,25,29)/t15-,16+/m1/s1. The Labute approximate surface area is 185 Å². The summed E-state index contributed by atoms with van der Waals surface area (Å²) in [6.45, 7) is 3.80. The van der Waals surface area contributed by atoms with Gasteiger partial charge in [0.15, 0.2) is 0 Å². The lowest BCUT2D eigenvalue weighted by Gasteiger charge is -2.34. The minimum atomic E-state index is -0.944. The summed E-state index contributed by atoms with van der Waals surface area (Å²) < 4.78 is 5.05. The summed E-state index contributed by atoms with van der Waals surface area (Å²) in [4.78, 5) is 37.2. The molecule has 2 aromatic rings. The first-order valence-corrected chi connectivity index (χ1v) is 9.82. The zero-order valence-corrected chi connectivity index (χ0v) is 18.0. The lowest BCUT2D eigenvalue weighted by atomic mass is 9.88. The number of esters is 1. The first kappa shape index (κ1) is 21.7. The van der Waals surface area contributed by atoms with Crippen LogP contribution in [0.5, 0.6) is 5.75 Å². The van der Waals surface area contributed by atoms with E-state index in [9.17, 15) is 19.5 Å². The monoisotopic (exact) mass is 493 g/mol. The number of hydrogen-bond acceptors (Lipinski definition) is 5. The van der Waals surface area contributed by atoms with Crippen molar-refractivity contribution in [3.05, 3.63) is 69.3 Å². The summed E-state index contributed by atoms with van der Waals surface area (Å²) >= 11 is 9.26. The molecule has 0 aliphatic carbocycles. The maximum absolute atomic E-state index is 13.2. The van der Waals surface area contributed by atoms with E-state index in [1.54, 1.807) is 24.3 Å². The second kappa shape index (κ2) is 8.76. The van der Waals surface area contributed by atoms with Gasteiger partial charge >= 0.3 is 12.0 Å². The van der Waals surface area contributed by atoms with Gasteiger partial charge in [-0.15, -0.1) is 0 Å². The van der Waals surface area contributed by atoms with Crippen molar-refractivity contribution >= 4 is 51.1 Å². The fourth-order valence-electron chi connectivity index (χ4n) is 3.13. The number of hydrogen-bond donors (Lipinski definition) is 4. The van der Waals surface area contributed by atoms with E-state index < -0.39 is 29.9 Å². The molecule has 1 aliphatic heterocycles. The van der Waals surface area contributed by atoms with Crippen molar-refractivity contribution in [2.24, 2.45) is 5.92 Å². The maximum Gasteiger partial charge on any atom is 0.339 e. The number of para-hydroxylation sites is 1. The van der Waals surface area contributed by atoms with Crippen molar-refractivity contribution in [3.8, 4) is 5.75 Å². The van der Waals surface area contributed by atoms with Crippen LogP contribution >= 0.6 is 27.5 Å². The molecule has 2 atom stereocenters. The number of nitrogens with one attached hydrogen (secondary N) is 3. The SMILES string of the molecule is C=C1NC(=O)N[C@@H](c2cc(Cl)c(O)c(Br)c2)[C@@H]1C(=O)Nc1ccccc1C(=O)OC. The van der Waals surface area contributed by atoms with Crippen LogP contribution in [0.15, 0.2) is 53.1 Å². The van der Waals surface area contributed by atoms with E-state index in [1.807, 2.05) is 0 Å². The number of urea groups is 1. The molecule has 0 bridgehead atoms. The van der Waals surface area contributed by atoms with Gasteiger partial charge in [-0.2, -0.15) is 0 Å². The Bertz CT molecular complexity index is 1040. The largest absolute Gasteiger partial charge is 0.505 e. The van der Waals surface area contributed by atoms with Crippen LogP contribution in [0.1, 0.15) is 22.0 Å². The molecule has 1 heterocycles. The number of benzene rings is 2. The highest BCUT2D eigenvalue weighted by atomic mass is 79.9. The van der Waals surface area contributed by atoms with Crippen LogP contribution in [0.2, 0.25) is 5.02 Å². The molecule has 10 heteroatoms. The Morgan fingerprint density at radius 3 is 2.67 bits per heavy atom. The van der Waals surface area contributed by atoms with Crippen molar-refractivity contribution in [2.45, 2.75) is 6.04 Å². The highest BCUT2D eigenvalue weighted by molar-refractivity contribution is 9.10. The Morgan fingerprint density at radius 2 is 2.00 bits per heavy atom. The molecule has 2 aromatic carbocycles. The van der Waals surface area contributed by atoms with Gasteiger partial charge in [-0.1, -0.05) is 30.3 Å². The Hall–Kier alpha value is -3.04. The summed E-state index contributed by atoms with van der Waals surface area (Å²) in [6.07, 6.45) is 0. The zero-order chi connectivity index (χ0) is 22.0. The van der Waals surface area contributed by atoms with E-state index in [4.69, 9.17) is 16.3 Å². The maximum atomic E-state index is 13.2. The molecule has 0 radical (unpaired) electrons. The molecule has 1 aliphatic rings.